The number of Topliss-reactive ketones (excluding diaryl/α,β-unsaturated/α-hetero) is 4. The smallest absolute Gasteiger partial charge is 0.198 e. The number of hydrogen-bond donors (Lipinski definition) is 0. The molecular formula is C9H12O4. The van der Waals surface area contributed by atoms with Crippen LogP contribution in [0.2, 0.25) is 0 Å². The summed E-state index contributed by atoms with van der Waals surface area (Å²) in [6.45, 7) is 2.47. The fourth-order valence-corrected chi connectivity index (χ4v) is 0.795. The zero-order valence-electron chi connectivity index (χ0n) is 7.75. The molecule has 0 aromatic carbocycles. The molecule has 0 bridgehead atoms. The summed E-state index contributed by atoms with van der Waals surface area (Å²) in [6.07, 6.45) is -0.245. The van der Waals surface area contributed by atoms with Crippen molar-refractivity contribution in [3.63, 3.8) is 0 Å². The molecule has 4 nitrogen and oxygen atoms in total. The van der Waals surface area contributed by atoms with Crippen LogP contribution in [0.5, 0.6) is 0 Å². The van der Waals surface area contributed by atoms with Gasteiger partial charge < -0.3 is 0 Å². The molecule has 0 aromatic rings. The van der Waals surface area contributed by atoms with E-state index in [0.29, 0.717) is 0 Å². The summed E-state index contributed by atoms with van der Waals surface area (Å²) in [7, 11) is 0. The Labute approximate surface area is 76.3 Å². The second kappa shape index (κ2) is 5.35. The van der Waals surface area contributed by atoms with Gasteiger partial charge >= 0.3 is 0 Å². The van der Waals surface area contributed by atoms with Gasteiger partial charge in [0.15, 0.2) is 11.6 Å². The van der Waals surface area contributed by atoms with E-state index in [9.17, 15) is 19.2 Å². The SMILES string of the molecule is CC(=O)CC(=O)CCC(=O)C(C)=O. The van der Waals surface area contributed by atoms with E-state index in [4.69, 9.17) is 0 Å². The molecule has 0 radical (unpaired) electrons. The fraction of sp³-hybridized carbons (Fsp3) is 0.556. The molecule has 0 aliphatic heterocycles. The van der Waals surface area contributed by atoms with Crippen molar-refractivity contribution in [2.24, 2.45) is 0 Å². The molecule has 0 aliphatic rings. The highest BCUT2D eigenvalue weighted by molar-refractivity contribution is 6.36. The van der Waals surface area contributed by atoms with E-state index in [2.05, 4.69) is 0 Å². The molecule has 0 fully saturated rings. The first kappa shape index (κ1) is 11.7. The van der Waals surface area contributed by atoms with Gasteiger partial charge in [-0.25, -0.2) is 0 Å². The third-order valence-electron chi connectivity index (χ3n) is 1.47. The highest BCUT2D eigenvalue weighted by Gasteiger charge is 2.11. The zero-order valence-corrected chi connectivity index (χ0v) is 7.75. The molecule has 0 aromatic heterocycles. The highest BCUT2D eigenvalue weighted by atomic mass is 16.2. The first-order valence-corrected chi connectivity index (χ1v) is 3.98. The monoisotopic (exact) mass is 184 g/mol. The number of rotatable bonds is 6. The van der Waals surface area contributed by atoms with Crippen molar-refractivity contribution >= 4 is 23.1 Å². The van der Waals surface area contributed by atoms with Gasteiger partial charge in [-0.05, 0) is 6.92 Å². The lowest BCUT2D eigenvalue weighted by molar-refractivity contribution is -0.136. The normalized spacial score (nSPS) is 9.38. The summed E-state index contributed by atoms with van der Waals surface area (Å²) in [5.41, 5.74) is 0. The predicted octanol–water partition coefficient (Wildman–Crippen LogP) is 0.473. The van der Waals surface area contributed by atoms with Crippen molar-refractivity contribution < 1.29 is 19.2 Å². The summed E-state index contributed by atoms with van der Waals surface area (Å²) in [4.78, 5) is 42.6. The number of ketones is 4. The van der Waals surface area contributed by atoms with Gasteiger partial charge in [0.2, 0.25) is 0 Å². The van der Waals surface area contributed by atoms with Crippen LogP contribution in [0, 0.1) is 0 Å². The Bertz CT molecular complexity index is 252. The van der Waals surface area contributed by atoms with E-state index in [-0.39, 0.29) is 30.8 Å². The van der Waals surface area contributed by atoms with Crippen LogP contribution in [0.3, 0.4) is 0 Å². The van der Waals surface area contributed by atoms with Crippen LogP contribution in [0.4, 0.5) is 0 Å². The minimum absolute atomic E-state index is 0.0159. The summed E-state index contributed by atoms with van der Waals surface area (Å²) in [6, 6.07) is 0. The number of carbonyl (C=O) groups excluding carboxylic acids is 4. The van der Waals surface area contributed by atoms with Gasteiger partial charge in [0.1, 0.15) is 11.6 Å². The molecule has 0 amide bonds. The Hall–Kier alpha value is -1.32. The topological polar surface area (TPSA) is 68.3 Å². The van der Waals surface area contributed by atoms with Crippen LogP contribution in [0.1, 0.15) is 33.1 Å². The van der Waals surface area contributed by atoms with E-state index in [0.717, 1.165) is 6.92 Å². The molecule has 0 N–H and O–H groups in total. The Morgan fingerprint density at radius 3 is 1.85 bits per heavy atom. The van der Waals surface area contributed by atoms with Crippen LogP contribution < -0.4 is 0 Å². The minimum Gasteiger partial charge on any atom is -0.300 e. The zero-order chi connectivity index (χ0) is 10.4. The summed E-state index contributed by atoms with van der Waals surface area (Å²) in [5.74, 6) is -1.62. The quantitative estimate of drug-likeness (QED) is 0.444. The molecule has 0 heterocycles. The van der Waals surface area contributed by atoms with Gasteiger partial charge in [-0.2, -0.15) is 0 Å². The summed E-state index contributed by atoms with van der Waals surface area (Å²) < 4.78 is 0. The summed E-state index contributed by atoms with van der Waals surface area (Å²) >= 11 is 0. The van der Waals surface area contributed by atoms with Gasteiger partial charge in [-0.15, -0.1) is 0 Å². The molecule has 0 aliphatic carbocycles. The van der Waals surface area contributed by atoms with Gasteiger partial charge in [0.05, 0.1) is 6.42 Å². The second-order valence-electron chi connectivity index (χ2n) is 2.90. The van der Waals surface area contributed by atoms with Crippen LogP contribution in [0.15, 0.2) is 0 Å². The standard InChI is InChI=1S/C9H12O4/c1-6(10)5-8(12)3-4-9(13)7(2)11/h3-5H2,1-2H3. The Balaban J connectivity index is 3.77. The van der Waals surface area contributed by atoms with Crippen molar-refractivity contribution in [2.75, 3.05) is 0 Å². The molecular weight excluding hydrogens is 172 g/mol. The fourth-order valence-electron chi connectivity index (χ4n) is 0.795. The lowest BCUT2D eigenvalue weighted by Gasteiger charge is -1.95. The van der Waals surface area contributed by atoms with Crippen molar-refractivity contribution in [1.29, 1.82) is 0 Å². The van der Waals surface area contributed by atoms with Crippen LogP contribution in [-0.2, 0) is 19.2 Å². The number of hydrogen-bond acceptors (Lipinski definition) is 4. The average molecular weight is 184 g/mol. The lowest BCUT2D eigenvalue weighted by atomic mass is 10.1. The Kier molecular flexibility index (Phi) is 4.80. The summed E-state index contributed by atoms with van der Waals surface area (Å²) in [5, 5.41) is 0. The highest BCUT2D eigenvalue weighted by Crippen LogP contribution is 1.97. The van der Waals surface area contributed by atoms with Crippen molar-refractivity contribution in [1.82, 2.24) is 0 Å². The molecule has 4 heteroatoms. The second-order valence-corrected chi connectivity index (χ2v) is 2.90. The number of carbonyl (C=O) groups is 4. The Morgan fingerprint density at radius 2 is 1.46 bits per heavy atom. The molecule has 72 valence electrons. The average Bonchev–Trinajstić information content (AvgIpc) is 1.98. The molecule has 13 heavy (non-hydrogen) atoms. The van der Waals surface area contributed by atoms with Crippen molar-refractivity contribution in [3.8, 4) is 0 Å². The van der Waals surface area contributed by atoms with E-state index in [1.807, 2.05) is 0 Å². The molecule has 0 rings (SSSR count). The largest absolute Gasteiger partial charge is 0.300 e. The third kappa shape index (κ3) is 5.90. The lowest BCUT2D eigenvalue weighted by Crippen LogP contribution is -2.12. The van der Waals surface area contributed by atoms with Crippen molar-refractivity contribution in [3.05, 3.63) is 0 Å². The predicted molar refractivity (Wildman–Crippen MR) is 45.2 cm³/mol. The van der Waals surface area contributed by atoms with Crippen LogP contribution in [-0.4, -0.2) is 23.1 Å². The molecule has 0 atom stereocenters. The van der Waals surface area contributed by atoms with E-state index < -0.39 is 11.6 Å². The first-order chi connectivity index (χ1) is 5.93. The maximum absolute atomic E-state index is 10.9. The first-order valence-electron chi connectivity index (χ1n) is 3.98. The Morgan fingerprint density at radius 1 is 0.923 bits per heavy atom. The molecule has 0 saturated carbocycles. The van der Waals surface area contributed by atoms with E-state index in [1.165, 1.54) is 6.92 Å². The van der Waals surface area contributed by atoms with Gasteiger partial charge in [0.25, 0.3) is 0 Å². The van der Waals surface area contributed by atoms with Crippen LogP contribution in [0.25, 0.3) is 0 Å². The minimum atomic E-state index is -0.558. The third-order valence-corrected chi connectivity index (χ3v) is 1.47. The van der Waals surface area contributed by atoms with Gasteiger partial charge in [-0.1, -0.05) is 0 Å². The molecule has 0 spiro atoms. The van der Waals surface area contributed by atoms with Gasteiger partial charge in [0, 0.05) is 19.8 Å². The van der Waals surface area contributed by atoms with Crippen molar-refractivity contribution in [2.45, 2.75) is 33.1 Å². The molecule has 0 saturated heterocycles. The van der Waals surface area contributed by atoms with Gasteiger partial charge in [-0.3, -0.25) is 19.2 Å². The van der Waals surface area contributed by atoms with E-state index >= 15 is 0 Å². The maximum atomic E-state index is 10.9. The maximum Gasteiger partial charge on any atom is 0.198 e. The molecule has 0 unspecified atom stereocenters. The van der Waals surface area contributed by atoms with E-state index in [1.54, 1.807) is 0 Å². The van der Waals surface area contributed by atoms with Crippen LogP contribution >= 0.6 is 0 Å².